The number of hydrogen-bond donors (Lipinski definition) is 0. The van der Waals surface area contributed by atoms with Gasteiger partial charge in [-0.15, -0.1) is 0 Å². The van der Waals surface area contributed by atoms with Crippen LogP contribution < -0.4 is 0 Å². The van der Waals surface area contributed by atoms with E-state index in [1.165, 1.54) is 31.4 Å². The number of allylic oxidation sites excluding steroid dienone is 1. The standard InChI is InChI=1S/C11H23N/c1-6-7-8-9-10(2)11(3)12(4)5/h10H,3,6-9H2,1-2,4-5H3. The van der Waals surface area contributed by atoms with Crippen molar-refractivity contribution in [3.8, 4) is 0 Å². The van der Waals surface area contributed by atoms with E-state index in [-0.39, 0.29) is 0 Å². The van der Waals surface area contributed by atoms with Crippen molar-refractivity contribution in [2.24, 2.45) is 5.92 Å². The van der Waals surface area contributed by atoms with Crippen molar-refractivity contribution in [3.63, 3.8) is 0 Å². The first-order valence-corrected chi connectivity index (χ1v) is 4.95. The molecule has 0 spiro atoms. The minimum Gasteiger partial charge on any atom is -0.381 e. The zero-order valence-corrected chi connectivity index (χ0v) is 9.06. The van der Waals surface area contributed by atoms with Crippen LogP contribution in [0.5, 0.6) is 0 Å². The van der Waals surface area contributed by atoms with Crippen LogP contribution in [0.1, 0.15) is 39.5 Å². The first kappa shape index (κ1) is 11.5. The van der Waals surface area contributed by atoms with Crippen LogP contribution in [0.2, 0.25) is 0 Å². The van der Waals surface area contributed by atoms with Crippen molar-refractivity contribution in [2.75, 3.05) is 14.1 Å². The molecule has 1 atom stereocenters. The molecular formula is C11H23N. The predicted octanol–water partition coefficient (Wildman–Crippen LogP) is 3.28. The molecule has 0 amide bonds. The Morgan fingerprint density at radius 1 is 1.33 bits per heavy atom. The van der Waals surface area contributed by atoms with Crippen LogP contribution in [0.3, 0.4) is 0 Å². The zero-order chi connectivity index (χ0) is 9.56. The van der Waals surface area contributed by atoms with Crippen molar-refractivity contribution in [1.82, 2.24) is 4.90 Å². The molecule has 0 rings (SSSR count). The molecule has 12 heavy (non-hydrogen) atoms. The van der Waals surface area contributed by atoms with E-state index in [2.05, 4.69) is 39.4 Å². The highest BCUT2D eigenvalue weighted by molar-refractivity contribution is 4.95. The van der Waals surface area contributed by atoms with Crippen LogP contribution in [0.4, 0.5) is 0 Å². The number of unbranched alkanes of at least 4 members (excludes halogenated alkanes) is 2. The van der Waals surface area contributed by atoms with E-state index in [1.807, 2.05) is 0 Å². The lowest BCUT2D eigenvalue weighted by molar-refractivity contribution is 0.410. The second-order valence-electron chi connectivity index (χ2n) is 3.78. The predicted molar refractivity (Wildman–Crippen MR) is 56.1 cm³/mol. The highest BCUT2D eigenvalue weighted by atomic mass is 15.1. The average Bonchev–Trinajstić information content (AvgIpc) is 2.03. The van der Waals surface area contributed by atoms with Crippen LogP contribution in [0.15, 0.2) is 12.3 Å². The number of hydrogen-bond acceptors (Lipinski definition) is 1. The number of nitrogens with zero attached hydrogens (tertiary/aromatic N) is 1. The van der Waals surface area contributed by atoms with Gasteiger partial charge < -0.3 is 4.90 Å². The molecule has 0 saturated carbocycles. The second kappa shape index (κ2) is 6.10. The van der Waals surface area contributed by atoms with Crippen molar-refractivity contribution in [2.45, 2.75) is 39.5 Å². The summed E-state index contributed by atoms with van der Waals surface area (Å²) in [5.41, 5.74) is 1.26. The van der Waals surface area contributed by atoms with E-state index in [1.54, 1.807) is 0 Å². The molecule has 0 aliphatic heterocycles. The molecule has 0 aliphatic rings. The summed E-state index contributed by atoms with van der Waals surface area (Å²) in [4.78, 5) is 2.12. The molecule has 72 valence electrons. The fourth-order valence-electron chi connectivity index (χ4n) is 1.31. The van der Waals surface area contributed by atoms with Gasteiger partial charge in [-0.25, -0.2) is 0 Å². The van der Waals surface area contributed by atoms with E-state index < -0.39 is 0 Å². The SMILES string of the molecule is C=C(C(C)CCCCC)N(C)C. The molecule has 0 aromatic rings. The minimum atomic E-state index is 0.645. The van der Waals surface area contributed by atoms with Gasteiger partial charge in [0.1, 0.15) is 0 Å². The van der Waals surface area contributed by atoms with Crippen molar-refractivity contribution >= 4 is 0 Å². The third kappa shape index (κ3) is 4.42. The van der Waals surface area contributed by atoms with Gasteiger partial charge in [-0.2, -0.15) is 0 Å². The minimum absolute atomic E-state index is 0.645. The highest BCUT2D eigenvalue weighted by Crippen LogP contribution is 2.17. The van der Waals surface area contributed by atoms with Crippen molar-refractivity contribution in [3.05, 3.63) is 12.3 Å². The van der Waals surface area contributed by atoms with E-state index >= 15 is 0 Å². The Morgan fingerprint density at radius 3 is 2.33 bits per heavy atom. The average molecular weight is 169 g/mol. The highest BCUT2D eigenvalue weighted by Gasteiger charge is 2.06. The molecular weight excluding hydrogens is 146 g/mol. The molecule has 0 N–H and O–H groups in total. The lowest BCUT2D eigenvalue weighted by Gasteiger charge is -2.21. The Balaban J connectivity index is 3.57. The van der Waals surface area contributed by atoms with Crippen molar-refractivity contribution in [1.29, 1.82) is 0 Å². The molecule has 0 aromatic heterocycles. The van der Waals surface area contributed by atoms with Crippen LogP contribution in [-0.2, 0) is 0 Å². The molecule has 0 aliphatic carbocycles. The van der Waals surface area contributed by atoms with Gasteiger partial charge in [-0.3, -0.25) is 0 Å². The quantitative estimate of drug-likeness (QED) is 0.552. The molecule has 0 radical (unpaired) electrons. The number of rotatable bonds is 6. The fourth-order valence-corrected chi connectivity index (χ4v) is 1.31. The second-order valence-corrected chi connectivity index (χ2v) is 3.78. The summed E-state index contributed by atoms with van der Waals surface area (Å²) in [7, 11) is 4.14. The lowest BCUT2D eigenvalue weighted by Crippen LogP contribution is -2.16. The molecule has 0 fully saturated rings. The Morgan fingerprint density at radius 2 is 1.92 bits per heavy atom. The maximum Gasteiger partial charge on any atom is 0.00832 e. The van der Waals surface area contributed by atoms with Crippen molar-refractivity contribution < 1.29 is 0 Å². The van der Waals surface area contributed by atoms with E-state index in [0.29, 0.717) is 5.92 Å². The Bertz CT molecular complexity index is 127. The topological polar surface area (TPSA) is 3.24 Å². The normalized spacial score (nSPS) is 12.7. The molecule has 1 heteroatoms. The Kier molecular flexibility index (Phi) is 5.87. The van der Waals surface area contributed by atoms with Crippen LogP contribution in [0.25, 0.3) is 0 Å². The van der Waals surface area contributed by atoms with Gasteiger partial charge in [-0.05, 0) is 12.3 Å². The lowest BCUT2D eigenvalue weighted by atomic mass is 10.0. The summed E-state index contributed by atoms with van der Waals surface area (Å²) in [6.07, 6.45) is 5.28. The van der Waals surface area contributed by atoms with Gasteiger partial charge in [0.15, 0.2) is 0 Å². The maximum atomic E-state index is 4.06. The molecule has 0 heterocycles. The van der Waals surface area contributed by atoms with Gasteiger partial charge in [0.05, 0.1) is 0 Å². The summed E-state index contributed by atoms with van der Waals surface area (Å²) in [6, 6.07) is 0. The molecule has 0 aromatic carbocycles. The monoisotopic (exact) mass is 169 g/mol. The summed E-state index contributed by atoms with van der Waals surface area (Å²) in [6.45, 7) is 8.56. The zero-order valence-electron chi connectivity index (χ0n) is 9.06. The molecule has 1 unspecified atom stereocenters. The summed E-state index contributed by atoms with van der Waals surface area (Å²) >= 11 is 0. The van der Waals surface area contributed by atoms with E-state index in [0.717, 1.165) is 0 Å². The molecule has 1 nitrogen and oxygen atoms in total. The van der Waals surface area contributed by atoms with Crippen LogP contribution in [-0.4, -0.2) is 19.0 Å². The summed E-state index contributed by atoms with van der Waals surface area (Å²) < 4.78 is 0. The van der Waals surface area contributed by atoms with Gasteiger partial charge in [0.2, 0.25) is 0 Å². The van der Waals surface area contributed by atoms with Crippen LogP contribution in [0, 0.1) is 5.92 Å². The first-order chi connectivity index (χ1) is 5.59. The summed E-state index contributed by atoms with van der Waals surface area (Å²) in [5.74, 6) is 0.645. The Hall–Kier alpha value is -0.460. The van der Waals surface area contributed by atoms with Gasteiger partial charge >= 0.3 is 0 Å². The first-order valence-electron chi connectivity index (χ1n) is 4.95. The van der Waals surface area contributed by atoms with E-state index in [9.17, 15) is 0 Å². The maximum absolute atomic E-state index is 4.06. The third-order valence-corrected chi connectivity index (χ3v) is 2.38. The third-order valence-electron chi connectivity index (χ3n) is 2.38. The smallest absolute Gasteiger partial charge is 0.00832 e. The molecule has 0 bridgehead atoms. The summed E-state index contributed by atoms with van der Waals surface area (Å²) in [5, 5.41) is 0. The van der Waals surface area contributed by atoms with Gasteiger partial charge in [-0.1, -0.05) is 39.7 Å². The van der Waals surface area contributed by atoms with Gasteiger partial charge in [0, 0.05) is 19.8 Å². The van der Waals surface area contributed by atoms with Crippen LogP contribution >= 0.6 is 0 Å². The van der Waals surface area contributed by atoms with E-state index in [4.69, 9.17) is 0 Å². The van der Waals surface area contributed by atoms with Gasteiger partial charge in [0.25, 0.3) is 0 Å². The Labute approximate surface area is 77.5 Å². The fraction of sp³-hybridized carbons (Fsp3) is 0.818. The molecule has 0 saturated heterocycles. The largest absolute Gasteiger partial charge is 0.381 e.